The number of fused-ring (bicyclic) bond motifs is 1. The van der Waals surface area contributed by atoms with Gasteiger partial charge in [-0.25, -0.2) is 0 Å². The Morgan fingerprint density at radius 1 is 1.33 bits per heavy atom. The molecule has 1 aliphatic carbocycles. The first-order chi connectivity index (χ1) is 11.6. The van der Waals surface area contributed by atoms with Crippen LogP contribution < -0.4 is 10.1 Å². The number of hydrogen-bond donors (Lipinski definition) is 1. The first kappa shape index (κ1) is 16.5. The van der Waals surface area contributed by atoms with Gasteiger partial charge < -0.3 is 10.1 Å². The highest BCUT2D eigenvalue weighted by Crippen LogP contribution is 2.37. The number of amides is 1. The molecule has 2 aromatic rings. The number of rotatable bonds is 4. The molecule has 1 aliphatic rings. The van der Waals surface area contributed by atoms with Crippen molar-refractivity contribution in [2.24, 2.45) is 0 Å². The van der Waals surface area contributed by atoms with Crippen molar-refractivity contribution in [2.45, 2.75) is 39.5 Å². The van der Waals surface area contributed by atoms with Crippen molar-refractivity contribution in [2.75, 3.05) is 11.9 Å². The molecule has 1 amide bonds. The van der Waals surface area contributed by atoms with Gasteiger partial charge in [-0.1, -0.05) is 17.7 Å². The van der Waals surface area contributed by atoms with Gasteiger partial charge in [-0.3, -0.25) is 4.79 Å². The number of anilines is 1. The quantitative estimate of drug-likeness (QED) is 0.910. The predicted octanol–water partition coefficient (Wildman–Crippen LogP) is 4.13. The molecule has 1 aromatic heterocycles. The lowest BCUT2D eigenvalue weighted by Crippen LogP contribution is -2.20. The summed E-state index contributed by atoms with van der Waals surface area (Å²) >= 11 is 1.53. The lowest BCUT2D eigenvalue weighted by molar-refractivity contribution is -0.118. The highest BCUT2D eigenvalue weighted by molar-refractivity contribution is 7.16. The summed E-state index contributed by atoms with van der Waals surface area (Å²) in [5, 5.41) is 12.9. The van der Waals surface area contributed by atoms with Crippen LogP contribution in [0.15, 0.2) is 18.2 Å². The molecule has 24 heavy (non-hydrogen) atoms. The summed E-state index contributed by atoms with van der Waals surface area (Å²) in [4.78, 5) is 13.4. The first-order valence-electron chi connectivity index (χ1n) is 8.13. The minimum Gasteiger partial charge on any atom is -0.483 e. The zero-order valence-corrected chi connectivity index (χ0v) is 14.8. The van der Waals surface area contributed by atoms with Crippen LogP contribution in [0.3, 0.4) is 0 Å². The van der Waals surface area contributed by atoms with Crippen LogP contribution >= 0.6 is 11.3 Å². The minimum absolute atomic E-state index is 0.0582. The summed E-state index contributed by atoms with van der Waals surface area (Å²) < 4.78 is 5.61. The van der Waals surface area contributed by atoms with Crippen LogP contribution in [0.2, 0.25) is 0 Å². The van der Waals surface area contributed by atoms with E-state index in [0.29, 0.717) is 16.3 Å². The van der Waals surface area contributed by atoms with Gasteiger partial charge >= 0.3 is 0 Å². The maximum Gasteiger partial charge on any atom is 0.262 e. The number of ether oxygens (including phenoxy) is 1. The van der Waals surface area contributed by atoms with Crippen LogP contribution in [0.1, 0.15) is 40.0 Å². The standard InChI is InChI=1S/C19H20N2O2S/c1-12-7-8-16(13(2)9-12)23-11-18(22)21-19-15(10-20)14-5-3-4-6-17(14)24-19/h7-9H,3-6,11H2,1-2H3,(H,21,22). The summed E-state index contributed by atoms with van der Waals surface area (Å²) in [5.74, 6) is 0.479. The van der Waals surface area contributed by atoms with Gasteiger partial charge in [-0.2, -0.15) is 5.26 Å². The summed E-state index contributed by atoms with van der Waals surface area (Å²) in [6, 6.07) is 8.11. The second-order valence-electron chi connectivity index (χ2n) is 6.13. The molecule has 3 rings (SSSR count). The first-order valence-corrected chi connectivity index (χ1v) is 8.94. The second-order valence-corrected chi connectivity index (χ2v) is 7.24. The largest absolute Gasteiger partial charge is 0.483 e. The van der Waals surface area contributed by atoms with E-state index in [4.69, 9.17) is 4.74 Å². The second kappa shape index (κ2) is 7.06. The average Bonchev–Trinajstić information content (AvgIpc) is 2.90. The van der Waals surface area contributed by atoms with Gasteiger partial charge in [0, 0.05) is 4.88 Å². The Kier molecular flexibility index (Phi) is 4.86. The Bertz CT molecular complexity index is 818. The van der Waals surface area contributed by atoms with Crippen LogP contribution in [-0.2, 0) is 17.6 Å². The number of thiophene rings is 1. The summed E-state index contributed by atoms with van der Waals surface area (Å²) in [5.41, 5.74) is 3.92. The Morgan fingerprint density at radius 2 is 2.12 bits per heavy atom. The normalized spacial score (nSPS) is 13.0. The SMILES string of the molecule is Cc1ccc(OCC(=O)Nc2sc3c(c2C#N)CCCC3)c(C)c1. The Hall–Kier alpha value is -2.32. The molecule has 1 aromatic carbocycles. The number of carbonyl (C=O) groups is 1. The van der Waals surface area contributed by atoms with Crippen LogP contribution in [0.25, 0.3) is 0 Å². The number of nitrogens with zero attached hydrogens (tertiary/aromatic N) is 1. The molecule has 0 saturated heterocycles. The fourth-order valence-electron chi connectivity index (χ4n) is 3.04. The topological polar surface area (TPSA) is 62.1 Å². The van der Waals surface area contributed by atoms with Crippen LogP contribution in [0.5, 0.6) is 5.75 Å². The van der Waals surface area contributed by atoms with E-state index in [0.717, 1.165) is 42.4 Å². The molecular weight excluding hydrogens is 320 g/mol. The van der Waals surface area contributed by atoms with Crippen molar-refractivity contribution in [1.82, 2.24) is 0 Å². The van der Waals surface area contributed by atoms with E-state index in [1.165, 1.54) is 16.2 Å². The molecule has 1 heterocycles. The van der Waals surface area contributed by atoms with Crippen molar-refractivity contribution < 1.29 is 9.53 Å². The molecule has 0 bridgehead atoms. The summed E-state index contributed by atoms with van der Waals surface area (Å²) in [6.07, 6.45) is 4.20. The average molecular weight is 340 g/mol. The van der Waals surface area contributed by atoms with E-state index < -0.39 is 0 Å². The predicted molar refractivity (Wildman–Crippen MR) is 95.7 cm³/mol. The number of carbonyl (C=O) groups excluding carboxylic acids is 1. The Morgan fingerprint density at radius 3 is 2.88 bits per heavy atom. The highest BCUT2D eigenvalue weighted by atomic mass is 32.1. The molecule has 0 unspecified atom stereocenters. The molecule has 0 spiro atoms. The van der Waals surface area contributed by atoms with Crippen molar-refractivity contribution >= 4 is 22.2 Å². The fraction of sp³-hybridized carbons (Fsp3) is 0.368. The zero-order valence-electron chi connectivity index (χ0n) is 13.9. The van der Waals surface area contributed by atoms with Crippen molar-refractivity contribution in [1.29, 1.82) is 5.26 Å². The van der Waals surface area contributed by atoms with Gasteiger partial charge in [0.25, 0.3) is 5.91 Å². The monoisotopic (exact) mass is 340 g/mol. The molecule has 0 radical (unpaired) electrons. The molecular formula is C19H20N2O2S. The molecule has 0 aliphatic heterocycles. The van der Waals surface area contributed by atoms with E-state index in [1.54, 1.807) is 0 Å². The number of hydrogen-bond acceptors (Lipinski definition) is 4. The van der Waals surface area contributed by atoms with Crippen molar-refractivity contribution in [3.8, 4) is 11.8 Å². The highest BCUT2D eigenvalue weighted by Gasteiger charge is 2.21. The third kappa shape index (κ3) is 3.44. The van der Waals surface area contributed by atoms with E-state index >= 15 is 0 Å². The van der Waals surface area contributed by atoms with Crippen molar-refractivity contribution in [3.63, 3.8) is 0 Å². The smallest absolute Gasteiger partial charge is 0.262 e. The number of nitriles is 1. The van der Waals surface area contributed by atoms with Crippen LogP contribution in [0, 0.1) is 25.2 Å². The van der Waals surface area contributed by atoms with Crippen LogP contribution in [-0.4, -0.2) is 12.5 Å². The molecule has 0 atom stereocenters. The van der Waals surface area contributed by atoms with E-state index in [-0.39, 0.29) is 12.5 Å². The molecule has 0 fully saturated rings. The van der Waals surface area contributed by atoms with Gasteiger partial charge in [0.1, 0.15) is 16.8 Å². The molecule has 0 saturated carbocycles. The summed E-state index contributed by atoms with van der Waals surface area (Å²) in [6.45, 7) is 3.92. The third-order valence-corrected chi connectivity index (χ3v) is 5.43. The van der Waals surface area contributed by atoms with E-state index in [2.05, 4.69) is 11.4 Å². The van der Waals surface area contributed by atoms with Crippen LogP contribution in [0.4, 0.5) is 5.00 Å². The molecule has 4 nitrogen and oxygen atoms in total. The molecule has 124 valence electrons. The number of benzene rings is 1. The lowest BCUT2D eigenvalue weighted by Gasteiger charge is -2.10. The van der Waals surface area contributed by atoms with Gasteiger partial charge in [-0.15, -0.1) is 11.3 Å². The van der Waals surface area contributed by atoms with E-state index in [9.17, 15) is 10.1 Å². The Labute approximate surface area is 146 Å². The van der Waals surface area contributed by atoms with Gasteiger partial charge in [-0.05, 0) is 56.7 Å². The number of aryl methyl sites for hydroxylation is 3. The van der Waals surface area contributed by atoms with E-state index in [1.807, 2.05) is 32.0 Å². The van der Waals surface area contributed by atoms with Crippen molar-refractivity contribution in [3.05, 3.63) is 45.3 Å². The minimum atomic E-state index is -0.231. The van der Waals surface area contributed by atoms with Gasteiger partial charge in [0.2, 0.25) is 0 Å². The fourth-order valence-corrected chi connectivity index (χ4v) is 4.30. The lowest BCUT2D eigenvalue weighted by atomic mass is 9.96. The Balaban J connectivity index is 1.67. The molecule has 5 heteroatoms. The maximum atomic E-state index is 12.2. The van der Waals surface area contributed by atoms with Gasteiger partial charge in [0.05, 0.1) is 5.56 Å². The maximum absolute atomic E-state index is 12.2. The van der Waals surface area contributed by atoms with Gasteiger partial charge in [0.15, 0.2) is 6.61 Å². The zero-order chi connectivity index (χ0) is 17.1. The third-order valence-electron chi connectivity index (χ3n) is 4.23. The summed E-state index contributed by atoms with van der Waals surface area (Å²) in [7, 11) is 0. The molecule has 1 N–H and O–H groups in total. The number of nitrogens with one attached hydrogen (secondary N) is 1.